The Hall–Kier alpha value is -2.06. The number of hydrogen-bond donors (Lipinski definition) is 1. The smallest absolute Gasteiger partial charge is 0.341 e. The predicted molar refractivity (Wildman–Crippen MR) is 124 cm³/mol. The van der Waals surface area contributed by atoms with Crippen LogP contribution in [0.25, 0.3) is 11.0 Å². The number of carboxylic acid groups (broad SMARTS) is 1. The number of rotatable bonds is 8. The summed E-state index contributed by atoms with van der Waals surface area (Å²) in [4.78, 5) is 15.5. The van der Waals surface area contributed by atoms with Crippen LogP contribution in [0.5, 0.6) is 17.2 Å². The van der Waals surface area contributed by atoms with Crippen molar-refractivity contribution in [1.29, 1.82) is 0 Å². The minimum absolute atomic E-state index is 0.281. The van der Waals surface area contributed by atoms with E-state index in [1.54, 1.807) is 12.1 Å². The number of ether oxygens (including phenoxy) is 2. The number of aliphatic carboxylic acids is 1. The van der Waals surface area contributed by atoms with Crippen molar-refractivity contribution >= 4 is 48.9 Å². The molecular formula is C22H24Br2N2O4. The van der Waals surface area contributed by atoms with Crippen LogP contribution in [-0.2, 0) is 11.2 Å². The van der Waals surface area contributed by atoms with E-state index in [1.165, 1.54) is 0 Å². The summed E-state index contributed by atoms with van der Waals surface area (Å²) in [6.07, 6.45) is 0.915. The van der Waals surface area contributed by atoms with Gasteiger partial charge in [0.25, 0.3) is 0 Å². The number of fused-ring (bicyclic) bond motifs is 1. The average Bonchev–Trinajstić information content (AvgIpc) is 2.99. The molecule has 6 nitrogen and oxygen atoms in total. The molecule has 0 bridgehead atoms. The second-order valence-corrected chi connectivity index (χ2v) is 9.45. The highest BCUT2D eigenvalue weighted by molar-refractivity contribution is 9.11. The maximum absolute atomic E-state index is 10.7. The standard InChI is InChI=1S/C22H24Br2N2O4/c1-12(2)7-20-25-18-6-5-14(10-19(18)26(20)13(3)4)30-22-16(23)8-15(9-17(22)24)29-11-21(27)28/h5-6,8-10,12-13H,7,11H2,1-4H3,(H,27,28). The Morgan fingerprint density at radius 1 is 1.10 bits per heavy atom. The average molecular weight is 540 g/mol. The van der Waals surface area contributed by atoms with E-state index < -0.39 is 12.6 Å². The summed E-state index contributed by atoms with van der Waals surface area (Å²) in [5.74, 6) is 2.25. The van der Waals surface area contributed by atoms with Gasteiger partial charge in [0.1, 0.15) is 17.3 Å². The Morgan fingerprint density at radius 2 is 1.77 bits per heavy atom. The Bertz CT molecular complexity index is 1050. The number of benzene rings is 2. The topological polar surface area (TPSA) is 73.6 Å². The van der Waals surface area contributed by atoms with Gasteiger partial charge in [0.15, 0.2) is 12.4 Å². The van der Waals surface area contributed by atoms with Gasteiger partial charge < -0.3 is 19.1 Å². The van der Waals surface area contributed by atoms with Gasteiger partial charge in [-0.15, -0.1) is 0 Å². The van der Waals surface area contributed by atoms with Crippen molar-refractivity contribution in [1.82, 2.24) is 9.55 Å². The summed E-state index contributed by atoms with van der Waals surface area (Å²) >= 11 is 6.96. The summed E-state index contributed by atoms with van der Waals surface area (Å²) < 4.78 is 14.9. The van der Waals surface area contributed by atoms with E-state index in [4.69, 9.17) is 19.6 Å². The lowest BCUT2D eigenvalue weighted by atomic mass is 10.1. The summed E-state index contributed by atoms with van der Waals surface area (Å²) in [6.45, 7) is 8.28. The van der Waals surface area contributed by atoms with Gasteiger partial charge >= 0.3 is 5.97 Å². The number of halogens is 2. The van der Waals surface area contributed by atoms with E-state index in [9.17, 15) is 4.79 Å². The lowest BCUT2D eigenvalue weighted by Crippen LogP contribution is -2.09. The maximum atomic E-state index is 10.7. The third kappa shape index (κ3) is 5.16. The number of nitrogens with zero attached hydrogens (tertiary/aromatic N) is 2. The molecule has 0 aliphatic heterocycles. The number of aromatic nitrogens is 2. The van der Waals surface area contributed by atoms with Gasteiger partial charge in [0.05, 0.1) is 20.0 Å². The van der Waals surface area contributed by atoms with Crippen molar-refractivity contribution in [2.45, 2.75) is 40.2 Å². The number of carboxylic acids is 1. The summed E-state index contributed by atoms with van der Waals surface area (Å²) in [5.41, 5.74) is 1.98. The lowest BCUT2D eigenvalue weighted by molar-refractivity contribution is -0.139. The van der Waals surface area contributed by atoms with E-state index in [0.29, 0.717) is 32.1 Å². The third-order valence-electron chi connectivity index (χ3n) is 4.40. The number of imidazole rings is 1. The fourth-order valence-electron chi connectivity index (χ4n) is 3.25. The van der Waals surface area contributed by atoms with Crippen LogP contribution in [0.2, 0.25) is 0 Å². The van der Waals surface area contributed by atoms with Crippen molar-refractivity contribution in [3.63, 3.8) is 0 Å². The highest BCUT2D eigenvalue weighted by Crippen LogP contribution is 2.40. The molecule has 1 heterocycles. The molecule has 1 aromatic heterocycles. The Kier molecular flexibility index (Phi) is 7.08. The minimum Gasteiger partial charge on any atom is -0.482 e. The molecule has 0 fully saturated rings. The van der Waals surface area contributed by atoms with Gasteiger partial charge in [-0.25, -0.2) is 9.78 Å². The Morgan fingerprint density at radius 3 is 2.33 bits per heavy atom. The van der Waals surface area contributed by atoms with Crippen LogP contribution in [0.3, 0.4) is 0 Å². The van der Waals surface area contributed by atoms with Crippen LogP contribution >= 0.6 is 31.9 Å². The summed E-state index contributed by atoms with van der Waals surface area (Å²) in [5, 5.41) is 8.78. The number of hydrogen-bond acceptors (Lipinski definition) is 4. The SMILES string of the molecule is CC(C)Cc1nc2ccc(Oc3c(Br)cc(OCC(=O)O)cc3Br)cc2n1C(C)C. The van der Waals surface area contributed by atoms with Gasteiger partial charge in [0, 0.05) is 18.5 Å². The molecule has 0 aliphatic rings. The van der Waals surface area contributed by atoms with Crippen molar-refractivity contribution in [2.75, 3.05) is 6.61 Å². The maximum Gasteiger partial charge on any atom is 0.341 e. The van der Waals surface area contributed by atoms with Crippen molar-refractivity contribution in [3.05, 3.63) is 45.1 Å². The van der Waals surface area contributed by atoms with Crippen LogP contribution in [0.4, 0.5) is 0 Å². The monoisotopic (exact) mass is 538 g/mol. The van der Waals surface area contributed by atoms with Gasteiger partial charge in [-0.05, 0) is 75.9 Å². The number of carbonyl (C=O) groups is 1. The van der Waals surface area contributed by atoms with Gasteiger partial charge in [0.2, 0.25) is 0 Å². The summed E-state index contributed by atoms with van der Waals surface area (Å²) in [6, 6.07) is 9.51. The van der Waals surface area contributed by atoms with E-state index >= 15 is 0 Å². The third-order valence-corrected chi connectivity index (χ3v) is 5.57. The molecule has 0 saturated carbocycles. The molecule has 8 heteroatoms. The molecule has 160 valence electrons. The van der Waals surface area contributed by atoms with Crippen LogP contribution < -0.4 is 9.47 Å². The lowest BCUT2D eigenvalue weighted by Gasteiger charge is -2.15. The highest BCUT2D eigenvalue weighted by atomic mass is 79.9. The highest BCUT2D eigenvalue weighted by Gasteiger charge is 2.17. The molecule has 3 aromatic rings. The molecule has 0 aliphatic carbocycles. The van der Waals surface area contributed by atoms with E-state index in [0.717, 1.165) is 23.3 Å². The molecule has 0 atom stereocenters. The predicted octanol–water partition coefficient (Wildman–Crippen LogP) is 6.60. The fraction of sp³-hybridized carbons (Fsp3) is 0.364. The van der Waals surface area contributed by atoms with Crippen molar-refractivity contribution < 1.29 is 19.4 Å². The molecule has 0 spiro atoms. The first-order chi connectivity index (χ1) is 14.2. The minimum atomic E-state index is -1.03. The largest absolute Gasteiger partial charge is 0.482 e. The van der Waals surface area contributed by atoms with E-state index in [-0.39, 0.29) is 6.04 Å². The van der Waals surface area contributed by atoms with Crippen LogP contribution in [0.15, 0.2) is 39.3 Å². The van der Waals surface area contributed by atoms with Gasteiger partial charge in [-0.2, -0.15) is 0 Å². The van der Waals surface area contributed by atoms with E-state index in [1.807, 2.05) is 18.2 Å². The van der Waals surface area contributed by atoms with Crippen LogP contribution in [0.1, 0.15) is 39.6 Å². The van der Waals surface area contributed by atoms with Gasteiger partial charge in [-0.1, -0.05) is 13.8 Å². The fourth-order valence-corrected chi connectivity index (χ4v) is 4.56. The van der Waals surface area contributed by atoms with E-state index in [2.05, 4.69) is 64.1 Å². The Labute approximate surface area is 192 Å². The molecule has 0 radical (unpaired) electrons. The molecule has 30 heavy (non-hydrogen) atoms. The zero-order chi connectivity index (χ0) is 22.0. The first kappa shape index (κ1) is 22.6. The molecule has 0 saturated heterocycles. The molecule has 0 unspecified atom stereocenters. The molecule has 2 aromatic carbocycles. The van der Waals surface area contributed by atoms with Crippen molar-refractivity contribution in [2.24, 2.45) is 5.92 Å². The quantitative estimate of drug-likeness (QED) is 0.349. The second kappa shape index (κ2) is 9.39. The zero-order valence-electron chi connectivity index (χ0n) is 17.3. The van der Waals surface area contributed by atoms with Crippen molar-refractivity contribution in [3.8, 4) is 17.2 Å². The molecule has 1 N–H and O–H groups in total. The second-order valence-electron chi connectivity index (χ2n) is 7.74. The van der Waals surface area contributed by atoms with Crippen LogP contribution in [-0.4, -0.2) is 27.2 Å². The Balaban J connectivity index is 1.94. The normalized spacial score (nSPS) is 11.5. The first-order valence-corrected chi connectivity index (χ1v) is 11.3. The zero-order valence-corrected chi connectivity index (χ0v) is 20.4. The van der Waals surface area contributed by atoms with Crippen LogP contribution in [0, 0.1) is 5.92 Å². The molecule has 3 rings (SSSR count). The van der Waals surface area contributed by atoms with Gasteiger partial charge in [-0.3, -0.25) is 0 Å². The summed E-state index contributed by atoms with van der Waals surface area (Å²) in [7, 11) is 0. The molecule has 0 amide bonds. The first-order valence-electron chi connectivity index (χ1n) is 9.68. The molecular weight excluding hydrogens is 516 g/mol.